The Morgan fingerprint density at radius 3 is 2.50 bits per heavy atom. The zero-order valence-corrected chi connectivity index (χ0v) is 12.3. The summed E-state index contributed by atoms with van der Waals surface area (Å²) in [6.45, 7) is 9.05. The van der Waals surface area contributed by atoms with Gasteiger partial charge < -0.3 is 15.0 Å². The van der Waals surface area contributed by atoms with Gasteiger partial charge in [0, 0.05) is 12.6 Å². The Labute approximate surface area is 111 Å². The maximum Gasteiger partial charge on any atom is 0.325 e. The third-order valence-corrected chi connectivity index (χ3v) is 3.68. The normalized spacial score (nSPS) is 18.7. The lowest BCUT2D eigenvalue weighted by Crippen LogP contribution is -2.52. The van der Waals surface area contributed by atoms with Gasteiger partial charge in [-0.15, -0.1) is 0 Å². The van der Waals surface area contributed by atoms with Crippen molar-refractivity contribution < 1.29 is 9.53 Å². The van der Waals surface area contributed by atoms with E-state index in [-0.39, 0.29) is 5.97 Å². The molecule has 0 aliphatic heterocycles. The molecule has 0 amide bonds. The van der Waals surface area contributed by atoms with Crippen LogP contribution in [0.25, 0.3) is 0 Å². The monoisotopic (exact) mass is 256 g/mol. The Hall–Kier alpha value is -0.610. The first-order chi connectivity index (χ1) is 8.57. The highest BCUT2D eigenvalue weighted by Crippen LogP contribution is 2.28. The fraction of sp³-hybridized carbons (Fsp3) is 0.929. The van der Waals surface area contributed by atoms with Crippen LogP contribution in [0, 0.1) is 0 Å². The quantitative estimate of drug-likeness (QED) is 0.639. The molecule has 4 nitrogen and oxygen atoms in total. The Balaban J connectivity index is 2.51. The summed E-state index contributed by atoms with van der Waals surface area (Å²) >= 11 is 0. The van der Waals surface area contributed by atoms with Gasteiger partial charge >= 0.3 is 5.97 Å². The predicted octanol–water partition coefficient (Wildman–Crippen LogP) is 1.79. The lowest BCUT2D eigenvalue weighted by atomic mass is 9.97. The van der Waals surface area contributed by atoms with E-state index < -0.39 is 5.54 Å². The van der Waals surface area contributed by atoms with Gasteiger partial charge in [-0.2, -0.15) is 0 Å². The standard InChI is InChI=1S/C14H28N2O2/c1-5-10-16(12-7-8-12)11-9-14(3,15-6-2)13(17)18-4/h12,15H,5-11H2,1-4H3. The third kappa shape index (κ3) is 4.25. The third-order valence-electron chi connectivity index (χ3n) is 3.68. The maximum absolute atomic E-state index is 11.9. The van der Waals surface area contributed by atoms with Crippen LogP contribution in [0.2, 0.25) is 0 Å². The lowest BCUT2D eigenvalue weighted by molar-refractivity contribution is -0.148. The smallest absolute Gasteiger partial charge is 0.325 e. The van der Waals surface area contributed by atoms with Gasteiger partial charge in [0.2, 0.25) is 0 Å². The van der Waals surface area contributed by atoms with Crippen molar-refractivity contribution in [1.82, 2.24) is 10.2 Å². The van der Waals surface area contributed by atoms with Gasteiger partial charge in [-0.05, 0) is 45.7 Å². The minimum atomic E-state index is -0.551. The van der Waals surface area contributed by atoms with Crippen molar-refractivity contribution in [1.29, 1.82) is 0 Å². The number of likely N-dealkylation sites (N-methyl/N-ethyl adjacent to an activating group) is 1. The molecule has 0 spiro atoms. The van der Waals surface area contributed by atoms with Gasteiger partial charge in [-0.3, -0.25) is 4.79 Å². The van der Waals surface area contributed by atoms with Crippen LogP contribution in [-0.4, -0.2) is 49.2 Å². The first-order valence-electron chi connectivity index (χ1n) is 7.14. The van der Waals surface area contributed by atoms with Crippen molar-refractivity contribution >= 4 is 5.97 Å². The highest BCUT2D eigenvalue weighted by molar-refractivity contribution is 5.80. The molecule has 0 radical (unpaired) electrons. The number of nitrogens with zero attached hydrogens (tertiary/aromatic N) is 1. The second kappa shape index (κ2) is 7.10. The molecule has 1 rings (SSSR count). The minimum Gasteiger partial charge on any atom is -0.468 e. The van der Waals surface area contributed by atoms with E-state index in [0.29, 0.717) is 0 Å². The number of carbonyl (C=O) groups is 1. The molecule has 0 aromatic carbocycles. The van der Waals surface area contributed by atoms with Crippen molar-refractivity contribution in [3.8, 4) is 0 Å². The first-order valence-corrected chi connectivity index (χ1v) is 7.14. The summed E-state index contributed by atoms with van der Waals surface area (Å²) < 4.78 is 4.92. The maximum atomic E-state index is 11.9. The molecule has 0 aromatic heterocycles. The fourth-order valence-electron chi connectivity index (χ4n) is 2.45. The molecule has 1 aliphatic rings. The average Bonchev–Trinajstić information content (AvgIpc) is 3.18. The molecule has 1 atom stereocenters. The number of hydrogen-bond donors (Lipinski definition) is 1. The minimum absolute atomic E-state index is 0.156. The number of ether oxygens (including phenoxy) is 1. The van der Waals surface area contributed by atoms with E-state index in [1.165, 1.54) is 26.4 Å². The predicted molar refractivity (Wildman–Crippen MR) is 73.6 cm³/mol. The molecule has 1 N–H and O–H groups in total. The molecule has 1 fully saturated rings. The van der Waals surface area contributed by atoms with Crippen LogP contribution in [0.4, 0.5) is 0 Å². The summed E-state index contributed by atoms with van der Waals surface area (Å²) in [6.07, 6.45) is 4.61. The highest BCUT2D eigenvalue weighted by Gasteiger charge is 2.35. The first kappa shape index (κ1) is 15.4. The zero-order chi connectivity index (χ0) is 13.6. The Morgan fingerprint density at radius 2 is 2.06 bits per heavy atom. The number of rotatable bonds is 9. The highest BCUT2D eigenvalue weighted by atomic mass is 16.5. The van der Waals surface area contributed by atoms with Crippen LogP contribution >= 0.6 is 0 Å². The van der Waals surface area contributed by atoms with Crippen LogP contribution in [0.5, 0.6) is 0 Å². The van der Waals surface area contributed by atoms with Crippen LogP contribution in [0.1, 0.15) is 46.5 Å². The van der Waals surface area contributed by atoms with E-state index >= 15 is 0 Å². The van der Waals surface area contributed by atoms with Gasteiger partial charge in [0.25, 0.3) is 0 Å². The Morgan fingerprint density at radius 1 is 1.39 bits per heavy atom. The molecule has 0 aromatic rings. The Kier molecular flexibility index (Phi) is 6.09. The van der Waals surface area contributed by atoms with Gasteiger partial charge in [0.05, 0.1) is 7.11 Å². The number of nitrogens with one attached hydrogen (secondary N) is 1. The van der Waals surface area contributed by atoms with E-state index in [2.05, 4.69) is 17.1 Å². The molecule has 106 valence electrons. The molecule has 0 saturated heterocycles. The zero-order valence-electron chi connectivity index (χ0n) is 12.3. The van der Waals surface area contributed by atoms with Crippen molar-refractivity contribution in [2.75, 3.05) is 26.7 Å². The molecule has 0 heterocycles. The van der Waals surface area contributed by atoms with Crippen molar-refractivity contribution in [3.05, 3.63) is 0 Å². The second-order valence-electron chi connectivity index (χ2n) is 5.37. The van der Waals surface area contributed by atoms with Gasteiger partial charge in [0.15, 0.2) is 0 Å². The topological polar surface area (TPSA) is 41.6 Å². The van der Waals surface area contributed by atoms with Gasteiger partial charge in [0.1, 0.15) is 5.54 Å². The van der Waals surface area contributed by atoms with Crippen LogP contribution in [0.15, 0.2) is 0 Å². The summed E-state index contributed by atoms with van der Waals surface area (Å²) in [6, 6.07) is 0.758. The molecule has 1 saturated carbocycles. The van der Waals surface area contributed by atoms with Crippen molar-refractivity contribution in [3.63, 3.8) is 0 Å². The molecule has 1 aliphatic carbocycles. The molecule has 1 unspecified atom stereocenters. The van der Waals surface area contributed by atoms with E-state index in [1.807, 2.05) is 13.8 Å². The Bertz CT molecular complexity index is 267. The van der Waals surface area contributed by atoms with Crippen LogP contribution < -0.4 is 5.32 Å². The van der Waals surface area contributed by atoms with Crippen molar-refractivity contribution in [2.24, 2.45) is 0 Å². The largest absolute Gasteiger partial charge is 0.468 e. The molecular weight excluding hydrogens is 228 g/mol. The fourth-order valence-corrected chi connectivity index (χ4v) is 2.45. The van der Waals surface area contributed by atoms with E-state index in [1.54, 1.807) is 0 Å². The summed E-state index contributed by atoms with van der Waals surface area (Å²) in [7, 11) is 1.46. The second-order valence-corrected chi connectivity index (χ2v) is 5.37. The van der Waals surface area contributed by atoms with Crippen LogP contribution in [0.3, 0.4) is 0 Å². The van der Waals surface area contributed by atoms with E-state index in [4.69, 9.17) is 4.74 Å². The van der Waals surface area contributed by atoms with Crippen LogP contribution in [-0.2, 0) is 9.53 Å². The number of carbonyl (C=O) groups excluding carboxylic acids is 1. The molecule has 4 heteroatoms. The number of hydrogen-bond acceptors (Lipinski definition) is 4. The summed E-state index contributed by atoms with van der Waals surface area (Å²) in [5.41, 5.74) is -0.551. The van der Waals surface area contributed by atoms with E-state index in [0.717, 1.165) is 32.1 Å². The summed E-state index contributed by atoms with van der Waals surface area (Å²) in [4.78, 5) is 14.4. The SMILES string of the molecule is CCCN(CCC(C)(NCC)C(=O)OC)C1CC1. The van der Waals surface area contributed by atoms with Gasteiger partial charge in [-0.25, -0.2) is 0 Å². The van der Waals surface area contributed by atoms with Gasteiger partial charge in [-0.1, -0.05) is 13.8 Å². The average molecular weight is 256 g/mol. The lowest BCUT2D eigenvalue weighted by Gasteiger charge is -2.31. The van der Waals surface area contributed by atoms with Crippen molar-refractivity contribution in [2.45, 2.75) is 58.0 Å². The molecule has 0 bridgehead atoms. The number of methoxy groups -OCH3 is 1. The summed E-state index contributed by atoms with van der Waals surface area (Å²) in [5, 5.41) is 3.27. The van der Waals surface area contributed by atoms with E-state index in [9.17, 15) is 4.79 Å². The molecular formula is C14H28N2O2. The molecule has 18 heavy (non-hydrogen) atoms. The number of esters is 1. The summed E-state index contributed by atoms with van der Waals surface area (Å²) in [5.74, 6) is -0.156.